The van der Waals surface area contributed by atoms with Gasteiger partial charge in [0.05, 0.1) is 6.61 Å². The number of ether oxygens (including phenoxy) is 2. The average molecular weight is 281 g/mol. The maximum absolute atomic E-state index is 11.8. The summed E-state index contributed by atoms with van der Waals surface area (Å²) in [6.45, 7) is 5.55. The highest BCUT2D eigenvalue weighted by Crippen LogP contribution is 2.20. The summed E-state index contributed by atoms with van der Waals surface area (Å²) in [5.41, 5.74) is 0.369. The van der Waals surface area contributed by atoms with Gasteiger partial charge in [0.1, 0.15) is 0 Å². The number of esters is 1. The molecule has 1 aromatic heterocycles. The summed E-state index contributed by atoms with van der Waals surface area (Å²) in [4.78, 5) is 26.8. The third-order valence-corrected chi connectivity index (χ3v) is 2.57. The second kappa shape index (κ2) is 7.47. The third kappa shape index (κ3) is 4.22. The molecule has 0 bridgehead atoms. The van der Waals surface area contributed by atoms with E-state index in [0.29, 0.717) is 18.5 Å². The van der Waals surface area contributed by atoms with Gasteiger partial charge in [0, 0.05) is 5.69 Å². The lowest BCUT2D eigenvalue weighted by atomic mass is 10.2. The maximum Gasteiger partial charge on any atom is 0.358 e. The minimum absolute atomic E-state index is 0.0783. The van der Waals surface area contributed by atoms with Gasteiger partial charge in [-0.05, 0) is 32.4 Å². The van der Waals surface area contributed by atoms with Gasteiger partial charge < -0.3 is 14.6 Å². The fraction of sp³-hybridized carbons (Fsp3) is 0.500. The smallest absolute Gasteiger partial charge is 0.358 e. The Kier molecular flexibility index (Phi) is 5.96. The standard InChI is InChI=1S/C14H19NO5/c1-4-6-11(14(18)19-5-2)20-10-8-7-9(3)15-12(10)13(16)17/h7-8,11H,4-6H2,1-3H3,(H,16,17). The predicted octanol–water partition coefficient (Wildman–Crippen LogP) is 2.20. The molecule has 6 nitrogen and oxygen atoms in total. The topological polar surface area (TPSA) is 85.7 Å². The normalized spacial score (nSPS) is 11.8. The first-order chi connectivity index (χ1) is 9.49. The number of aryl methyl sites for hydroxylation is 1. The van der Waals surface area contributed by atoms with E-state index in [1.165, 1.54) is 6.07 Å². The molecule has 0 aliphatic heterocycles. The van der Waals surface area contributed by atoms with Crippen molar-refractivity contribution in [2.75, 3.05) is 6.61 Å². The number of pyridine rings is 1. The molecule has 0 aromatic carbocycles. The van der Waals surface area contributed by atoms with E-state index in [9.17, 15) is 9.59 Å². The van der Waals surface area contributed by atoms with Crippen molar-refractivity contribution in [1.29, 1.82) is 0 Å². The molecule has 0 aliphatic rings. The molecule has 1 heterocycles. The zero-order valence-corrected chi connectivity index (χ0v) is 11.9. The minimum atomic E-state index is -1.19. The molecule has 0 saturated heterocycles. The molecule has 1 aromatic rings. The predicted molar refractivity (Wildman–Crippen MR) is 71.9 cm³/mol. The molecular weight excluding hydrogens is 262 g/mol. The van der Waals surface area contributed by atoms with Gasteiger partial charge >= 0.3 is 11.9 Å². The van der Waals surface area contributed by atoms with E-state index in [2.05, 4.69) is 4.98 Å². The summed E-state index contributed by atoms with van der Waals surface area (Å²) >= 11 is 0. The Morgan fingerprint density at radius 1 is 1.35 bits per heavy atom. The zero-order valence-electron chi connectivity index (χ0n) is 11.9. The Labute approximate surface area is 117 Å². The number of aromatic carboxylic acids is 1. The van der Waals surface area contributed by atoms with Gasteiger partial charge in [-0.15, -0.1) is 0 Å². The van der Waals surface area contributed by atoms with Crippen LogP contribution in [-0.4, -0.2) is 34.7 Å². The van der Waals surface area contributed by atoms with E-state index in [1.54, 1.807) is 19.9 Å². The van der Waals surface area contributed by atoms with Crippen LogP contribution in [0.15, 0.2) is 12.1 Å². The van der Waals surface area contributed by atoms with Crippen LogP contribution in [0, 0.1) is 6.92 Å². The molecule has 0 spiro atoms. The van der Waals surface area contributed by atoms with Crippen LogP contribution < -0.4 is 4.74 Å². The van der Waals surface area contributed by atoms with E-state index in [0.717, 1.165) is 0 Å². The number of carboxylic acids is 1. The summed E-state index contributed by atoms with van der Waals surface area (Å²) in [7, 11) is 0. The summed E-state index contributed by atoms with van der Waals surface area (Å²) in [6, 6.07) is 3.14. The first-order valence-corrected chi connectivity index (χ1v) is 6.53. The fourth-order valence-corrected chi connectivity index (χ4v) is 1.67. The number of nitrogens with zero attached hydrogens (tertiary/aromatic N) is 1. The summed E-state index contributed by atoms with van der Waals surface area (Å²) in [5.74, 6) is -1.61. The molecule has 110 valence electrons. The van der Waals surface area contributed by atoms with Gasteiger partial charge in [0.15, 0.2) is 17.5 Å². The maximum atomic E-state index is 11.8. The van der Waals surface area contributed by atoms with E-state index in [4.69, 9.17) is 14.6 Å². The lowest BCUT2D eigenvalue weighted by Crippen LogP contribution is -2.30. The highest BCUT2D eigenvalue weighted by atomic mass is 16.6. The van der Waals surface area contributed by atoms with Crippen LogP contribution in [0.4, 0.5) is 0 Å². The first-order valence-electron chi connectivity index (χ1n) is 6.53. The lowest BCUT2D eigenvalue weighted by Gasteiger charge is -2.18. The fourth-order valence-electron chi connectivity index (χ4n) is 1.67. The van der Waals surface area contributed by atoms with Crippen molar-refractivity contribution in [2.45, 2.75) is 39.7 Å². The Hall–Kier alpha value is -2.11. The summed E-state index contributed by atoms with van der Waals surface area (Å²) in [5, 5.41) is 9.12. The van der Waals surface area contributed by atoms with Crippen molar-refractivity contribution in [1.82, 2.24) is 4.98 Å². The average Bonchev–Trinajstić information content (AvgIpc) is 2.40. The molecule has 0 amide bonds. The van der Waals surface area contributed by atoms with E-state index in [1.807, 2.05) is 6.92 Å². The van der Waals surface area contributed by atoms with Gasteiger partial charge in [-0.2, -0.15) is 0 Å². The molecule has 1 N–H and O–H groups in total. The molecule has 0 fully saturated rings. The zero-order chi connectivity index (χ0) is 15.1. The lowest BCUT2D eigenvalue weighted by molar-refractivity contribution is -0.151. The molecule has 20 heavy (non-hydrogen) atoms. The van der Waals surface area contributed by atoms with Gasteiger partial charge in [-0.3, -0.25) is 0 Å². The van der Waals surface area contributed by atoms with Crippen LogP contribution in [0.25, 0.3) is 0 Å². The summed E-state index contributed by atoms with van der Waals surface area (Å²) in [6.07, 6.45) is 0.347. The van der Waals surface area contributed by atoms with E-state index >= 15 is 0 Å². The van der Waals surface area contributed by atoms with Crippen molar-refractivity contribution >= 4 is 11.9 Å². The van der Waals surface area contributed by atoms with Crippen LogP contribution in [0.2, 0.25) is 0 Å². The van der Waals surface area contributed by atoms with Crippen LogP contribution in [-0.2, 0) is 9.53 Å². The Morgan fingerprint density at radius 2 is 2.05 bits per heavy atom. The first kappa shape index (κ1) is 15.9. The molecule has 6 heteroatoms. The third-order valence-electron chi connectivity index (χ3n) is 2.57. The van der Waals surface area contributed by atoms with Crippen molar-refractivity contribution in [3.8, 4) is 5.75 Å². The van der Waals surface area contributed by atoms with Crippen LogP contribution in [0.3, 0.4) is 0 Å². The monoisotopic (exact) mass is 281 g/mol. The number of hydrogen-bond acceptors (Lipinski definition) is 5. The van der Waals surface area contributed by atoms with Crippen molar-refractivity contribution < 1.29 is 24.2 Å². The molecule has 0 aliphatic carbocycles. The molecular formula is C14H19NO5. The largest absolute Gasteiger partial charge is 0.476 e. The van der Waals surface area contributed by atoms with Gasteiger partial charge in [0.2, 0.25) is 0 Å². The Bertz CT molecular complexity index is 486. The quantitative estimate of drug-likeness (QED) is 0.771. The van der Waals surface area contributed by atoms with Crippen molar-refractivity contribution in [3.05, 3.63) is 23.5 Å². The Morgan fingerprint density at radius 3 is 2.60 bits per heavy atom. The number of hydrogen-bond donors (Lipinski definition) is 1. The van der Waals surface area contributed by atoms with E-state index in [-0.39, 0.29) is 18.1 Å². The number of aromatic nitrogens is 1. The highest BCUT2D eigenvalue weighted by Gasteiger charge is 2.24. The molecule has 1 rings (SSSR count). The van der Waals surface area contributed by atoms with Crippen LogP contribution >= 0.6 is 0 Å². The minimum Gasteiger partial charge on any atom is -0.476 e. The Balaban J connectivity index is 2.98. The second-order valence-corrected chi connectivity index (χ2v) is 4.25. The number of carbonyl (C=O) groups is 2. The highest BCUT2D eigenvalue weighted by molar-refractivity contribution is 5.88. The van der Waals surface area contributed by atoms with E-state index < -0.39 is 18.0 Å². The number of carbonyl (C=O) groups excluding carboxylic acids is 1. The number of carboxylic acid groups (broad SMARTS) is 1. The molecule has 1 atom stereocenters. The molecule has 1 unspecified atom stereocenters. The van der Waals surface area contributed by atoms with Crippen molar-refractivity contribution in [2.24, 2.45) is 0 Å². The van der Waals surface area contributed by atoms with Gasteiger partial charge in [-0.25, -0.2) is 14.6 Å². The molecule has 0 radical (unpaired) electrons. The SMILES string of the molecule is CCCC(Oc1ccc(C)nc1C(=O)O)C(=O)OCC. The summed E-state index contributed by atoms with van der Waals surface area (Å²) < 4.78 is 10.4. The second-order valence-electron chi connectivity index (χ2n) is 4.25. The van der Waals surface area contributed by atoms with Crippen LogP contribution in [0.5, 0.6) is 5.75 Å². The number of rotatable bonds is 7. The van der Waals surface area contributed by atoms with Gasteiger partial charge in [-0.1, -0.05) is 13.3 Å². The van der Waals surface area contributed by atoms with Gasteiger partial charge in [0.25, 0.3) is 0 Å². The molecule has 0 saturated carbocycles. The van der Waals surface area contributed by atoms with Crippen molar-refractivity contribution in [3.63, 3.8) is 0 Å². The van der Waals surface area contributed by atoms with Crippen LogP contribution in [0.1, 0.15) is 42.9 Å².